The van der Waals surface area contributed by atoms with Crippen LogP contribution in [0.5, 0.6) is 0 Å². The number of nitrogens with two attached hydrogens (primary N) is 2. The fraction of sp³-hybridized carbons (Fsp3) is 0.500. The van der Waals surface area contributed by atoms with Crippen LogP contribution in [0, 0.1) is 12.3 Å². The molecule has 1 unspecified atom stereocenters. The van der Waals surface area contributed by atoms with Gasteiger partial charge >= 0.3 is 0 Å². The number of hydrogen-bond acceptors (Lipinski definition) is 16. The number of benzene rings is 2. The summed E-state index contributed by atoms with van der Waals surface area (Å²) in [5.74, 6) is -1.62. The van der Waals surface area contributed by atoms with E-state index in [1.807, 2.05) is 87.9 Å². The molecule has 3 aromatic heterocycles. The number of aliphatic hydroxyl groups excluding tert-OH is 1. The first kappa shape index (κ1) is 50.8. The smallest absolute Gasteiger partial charge is 0.273 e. The van der Waals surface area contributed by atoms with Crippen molar-refractivity contribution in [1.29, 1.82) is 0 Å². The van der Waals surface area contributed by atoms with Crippen LogP contribution in [0.3, 0.4) is 0 Å². The minimum absolute atomic E-state index is 0.00519. The van der Waals surface area contributed by atoms with Gasteiger partial charge in [-0.15, -0.1) is 21.5 Å². The van der Waals surface area contributed by atoms with Gasteiger partial charge in [0.25, 0.3) is 5.91 Å². The van der Waals surface area contributed by atoms with E-state index in [1.54, 1.807) is 11.3 Å². The highest BCUT2D eigenvalue weighted by molar-refractivity contribution is 7.13. The molecule has 5 atom stereocenters. The van der Waals surface area contributed by atoms with Crippen molar-refractivity contribution in [1.82, 2.24) is 40.3 Å². The molecule has 2 aromatic carbocycles. The minimum Gasteiger partial charge on any atom is -0.391 e. The van der Waals surface area contributed by atoms with Crippen molar-refractivity contribution in [2.45, 2.75) is 103 Å². The van der Waals surface area contributed by atoms with Gasteiger partial charge in [-0.05, 0) is 54.5 Å². The van der Waals surface area contributed by atoms with E-state index in [2.05, 4.69) is 46.0 Å². The van der Waals surface area contributed by atoms with Crippen molar-refractivity contribution in [3.63, 3.8) is 0 Å². The predicted molar refractivity (Wildman–Crippen MR) is 262 cm³/mol. The fourth-order valence-corrected chi connectivity index (χ4v) is 9.36. The number of β-amino-alcohol motifs (C(OH)–C–C–N with tert-alkyl or cyclic N) is 1. The Balaban J connectivity index is 0.804. The lowest BCUT2D eigenvalue weighted by Gasteiger charge is -2.35. The summed E-state index contributed by atoms with van der Waals surface area (Å²) in [4.78, 5) is 64.0. The molecular weight excluding hydrogens is 905 g/mol. The summed E-state index contributed by atoms with van der Waals surface area (Å²) >= 11 is 1.57. The van der Waals surface area contributed by atoms with Gasteiger partial charge in [0.2, 0.25) is 23.7 Å². The molecule has 1 saturated carbocycles. The van der Waals surface area contributed by atoms with E-state index in [-0.39, 0.29) is 74.8 Å². The van der Waals surface area contributed by atoms with Crippen molar-refractivity contribution < 1.29 is 38.5 Å². The Morgan fingerprint density at radius 3 is 2.41 bits per heavy atom. The molecule has 1 saturated heterocycles. The molecule has 7 rings (SSSR count). The highest BCUT2D eigenvalue weighted by atomic mass is 32.1. The monoisotopic (exact) mass is 968 g/mol. The maximum absolute atomic E-state index is 14.0. The van der Waals surface area contributed by atoms with Gasteiger partial charge in [0.05, 0.1) is 60.7 Å². The molecule has 69 heavy (non-hydrogen) atoms. The number of carbonyl (C=O) groups is 4. The Bertz CT molecular complexity index is 2550. The SMILES string of the molecule is Cc1ncsc1-c1ccc(CNC(=O)[C@@H]2C[C@@H](O)CN2C(=O)C(NC(=O)COCCOCCOCCn2ccc3c(Nc4nc(N[C@@H]5CCCC[C@@H]5N)nnc4C(N)=O)cccc32)C(C)(C)C)cc1. The van der Waals surface area contributed by atoms with Gasteiger partial charge in [-0.25, -0.2) is 4.98 Å². The van der Waals surface area contributed by atoms with E-state index in [0.717, 1.165) is 58.3 Å². The van der Waals surface area contributed by atoms with Crippen LogP contribution in [0.2, 0.25) is 0 Å². The van der Waals surface area contributed by atoms with E-state index in [1.165, 1.54) is 4.90 Å². The van der Waals surface area contributed by atoms with Crippen LogP contribution in [0.1, 0.15) is 74.6 Å². The quantitative estimate of drug-likeness (QED) is 0.0488. The van der Waals surface area contributed by atoms with E-state index in [9.17, 15) is 24.3 Å². The van der Waals surface area contributed by atoms with Gasteiger partial charge in [-0.1, -0.05) is 63.9 Å². The molecule has 9 N–H and O–H groups in total. The van der Waals surface area contributed by atoms with Gasteiger partial charge in [0.1, 0.15) is 18.7 Å². The lowest BCUT2D eigenvalue weighted by Crippen LogP contribution is -2.58. The summed E-state index contributed by atoms with van der Waals surface area (Å²) in [5, 5.41) is 31.9. The second-order valence-electron chi connectivity index (χ2n) is 18.5. The second kappa shape index (κ2) is 23.5. The van der Waals surface area contributed by atoms with Gasteiger partial charge in [0.15, 0.2) is 11.5 Å². The molecule has 0 spiro atoms. The van der Waals surface area contributed by atoms with Crippen LogP contribution >= 0.6 is 11.3 Å². The first-order valence-electron chi connectivity index (χ1n) is 23.4. The Morgan fingerprint density at radius 2 is 1.70 bits per heavy atom. The third-order valence-corrected chi connectivity index (χ3v) is 13.3. The molecular formula is C48H64N12O8S. The molecule has 1 aliphatic carbocycles. The summed E-state index contributed by atoms with van der Waals surface area (Å²) in [5.41, 5.74) is 17.5. The van der Waals surface area contributed by atoms with E-state index >= 15 is 0 Å². The van der Waals surface area contributed by atoms with Crippen LogP contribution < -0.4 is 32.7 Å². The zero-order chi connectivity index (χ0) is 49.1. The van der Waals surface area contributed by atoms with Crippen molar-refractivity contribution in [3.8, 4) is 10.4 Å². The molecule has 20 nitrogen and oxygen atoms in total. The number of ether oxygens (including phenoxy) is 3. The number of amides is 4. The Kier molecular flexibility index (Phi) is 17.3. The number of rotatable bonds is 22. The molecule has 2 aliphatic rings. The number of aryl methyl sites for hydroxylation is 1. The van der Waals surface area contributed by atoms with Crippen molar-refractivity contribution in [2.24, 2.45) is 16.9 Å². The van der Waals surface area contributed by atoms with Crippen molar-refractivity contribution in [2.75, 3.05) is 56.8 Å². The summed E-state index contributed by atoms with van der Waals surface area (Å²) in [6.07, 6.45) is 5.10. The Labute approximate surface area is 405 Å². The standard InChI is InChI=1S/C48H64N12O8S/c1-29-41(69-28-52-29)31-14-12-30(13-15-31)25-51-45(64)38-24-32(61)26-60(38)46(65)42(48(2,3)4)55-39(62)27-68-23-22-67-21-20-66-19-18-59-17-16-33-35(10-7-11-37(33)59)53-44-40(43(50)63)57-58-47(56-44)54-36-9-6-5-8-34(36)49/h7,10-17,28,32,34,36,38,42,61H,5-6,8-9,18-27,49H2,1-4H3,(H2,50,63)(H,51,64)(H,55,62)(H2,53,54,56,58)/t32-,34+,36-,38+,42?/m1/s1. The average Bonchev–Trinajstić information content (AvgIpc) is 4.06. The maximum Gasteiger partial charge on any atom is 0.273 e. The number of likely N-dealkylation sites (tertiary alicyclic amines) is 1. The van der Waals surface area contributed by atoms with Gasteiger partial charge in [-0.3, -0.25) is 19.2 Å². The molecule has 21 heteroatoms. The molecule has 4 amide bonds. The van der Waals surface area contributed by atoms with Gasteiger partial charge in [0, 0.05) is 55.4 Å². The van der Waals surface area contributed by atoms with Crippen LogP contribution in [0.4, 0.5) is 17.5 Å². The first-order valence-corrected chi connectivity index (χ1v) is 24.2. The number of carbonyl (C=O) groups excluding carboxylic acids is 4. The number of fused-ring (bicyclic) bond motifs is 1. The Morgan fingerprint density at radius 1 is 0.957 bits per heavy atom. The minimum atomic E-state index is -0.977. The van der Waals surface area contributed by atoms with Crippen LogP contribution in [0.15, 0.2) is 60.2 Å². The van der Waals surface area contributed by atoms with Crippen LogP contribution in [0.25, 0.3) is 21.3 Å². The molecule has 0 radical (unpaired) electrons. The highest BCUT2D eigenvalue weighted by Gasteiger charge is 2.44. The fourth-order valence-electron chi connectivity index (χ4n) is 8.55. The number of thiazole rings is 1. The molecule has 0 bridgehead atoms. The Hall–Kier alpha value is -6.10. The number of nitrogens with one attached hydrogen (secondary N) is 4. The molecule has 4 heterocycles. The topological polar surface area (TPSA) is 276 Å². The number of anilines is 3. The van der Waals surface area contributed by atoms with E-state index < -0.39 is 41.3 Å². The number of hydrogen-bond donors (Lipinski definition) is 7. The predicted octanol–water partition coefficient (Wildman–Crippen LogP) is 3.64. The molecule has 1 aliphatic heterocycles. The molecule has 370 valence electrons. The normalized spacial score (nSPS) is 18.8. The third-order valence-electron chi connectivity index (χ3n) is 12.3. The van der Waals surface area contributed by atoms with Crippen molar-refractivity contribution >= 4 is 63.3 Å². The van der Waals surface area contributed by atoms with Crippen LogP contribution in [-0.2, 0) is 41.7 Å². The van der Waals surface area contributed by atoms with Crippen LogP contribution in [-0.4, -0.2) is 135 Å². The number of aromatic nitrogens is 5. The largest absolute Gasteiger partial charge is 0.391 e. The summed E-state index contributed by atoms with van der Waals surface area (Å²) in [6.45, 7) is 9.36. The second-order valence-corrected chi connectivity index (χ2v) is 19.3. The first-order chi connectivity index (χ1) is 33.2. The van der Waals surface area contributed by atoms with Crippen molar-refractivity contribution in [3.05, 3.63) is 77.2 Å². The van der Waals surface area contributed by atoms with Gasteiger partial charge in [-0.2, -0.15) is 4.98 Å². The van der Waals surface area contributed by atoms with E-state index in [0.29, 0.717) is 32.1 Å². The van der Waals surface area contributed by atoms with Gasteiger partial charge < -0.3 is 61.5 Å². The van der Waals surface area contributed by atoms with E-state index in [4.69, 9.17) is 25.7 Å². The zero-order valence-corrected chi connectivity index (χ0v) is 40.4. The number of primary amides is 1. The third kappa shape index (κ3) is 13.4. The summed E-state index contributed by atoms with van der Waals surface area (Å²) < 4.78 is 19.1. The number of nitrogens with zero attached hydrogens (tertiary/aromatic N) is 6. The average molecular weight is 969 g/mol. The molecule has 2 fully saturated rings. The summed E-state index contributed by atoms with van der Waals surface area (Å²) in [6, 6.07) is 13.7. The lowest BCUT2D eigenvalue weighted by molar-refractivity contribution is -0.144. The summed E-state index contributed by atoms with van der Waals surface area (Å²) in [7, 11) is 0. The number of aliphatic hydroxyl groups is 1. The lowest BCUT2D eigenvalue weighted by atomic mass is 9.85. The zero-order valence-electron chi connectivity index (χ0n) is 39.6. The maximum atomic E-state index is 14.0. The highest BCUT2D eigenvalue weighted by Crippen LogP contribution is 2.30. The molecule has 5 aromatic rings.